The average molecular weight is 489 g/mol. The molecule has 3 aromatic rings. The van der Waals surface area contributed by atoms with Gasteiger partial charge in [-0.1, -0.05) is 11.6 Å². The molecule has 33 heavy (non-hydrogen) atoms. The van der Waals surface area contributed by atoms with E-state index in [1.165, 1.54) is 19.2 Å². The normalized spacial score (nSPS) is 16.6. The molecule has 0 atom stereocenters. The molecule has 1 aromatic heterocycles. The Kier molecular flexibility index (Phi) is 5.17. The standard InChI is InChI=1S/C24H23ClN2O5S.H2/c1-31-19-8-5-16(14-21(19)33(2,29)30)23(28)26-12-9-24(10-13-26)22-4-3-11-27(22)18-7-6-17(25)15-20(18)32-24;/h3-8,11,14-15H,9-10,12-13H2,1-2H3;1H. The fraction of sp³-hybridized carbons (Fsp3) is 0.292. The molecule has 1 spiro atoms. The number of fused-ring (bicyclic) bond motifs is 4. The minimum atomic E-state index is -3.54. The van der Waals surface area contributed by atoms with E-state index in [2.05, 4.69) is 10.6 Å². The van der Waals surface area contributed by atoms with Crippen molar-refractivity contribution in [3.63, 3.8) is 0 Å². The zero-order valence-electron chi connectivity index (χ0n) is 18.2. The summed E-state index contributed by atoms with van der Waals surface area (Å²) in [5, 5.41) is 0.605. The molecule has 1 fully saturated rings. The van der Waals surface area contributed by atoms with Crippen LogP contribution in [0.5, 0.6) is 11.5 Å². The van der Waals surface area contributed by atoms with Crippen LogP contribution in [0.4, 0.5) is 0 Å². The van der Waals surface area contributed by atoms with E-state index in [0.717, 1.165) is 23.4 Å². The van der Waals surface area contributed by atoms with Gasteiger partial charge in [-0.25, -0.2) is 8.42 Å². The second-order valence-electron chi connectivity index (χ2n) is 8.40. The fourth-order valence-electron chi connectivity index (χ4n) is 4.71. The van der Waals surface area contributed by atoms with E-state index < -0.39 is 15.4 Å². The van der Waals surface area contributed by atoms with Crippen molar-refractivity contribution in [3.05, 3.63) is 71.0 Å². The first-order valence-corrected chi connectivity index (χ1v) is 12.8. The molecule has 1 saturated heterocycles. The van der Waals surface area contributed by atoms with Gasteiger partial charge in [0.2, 0.25) is 0 Å². The summed E-state index contributed by atoms with van der Waals surface area (Å²) < 4.78 is 38.1. The Morgan fingerprint density at radius 2 is 1.91 bits per heavy atom. The first-order valence-electron chi connectivity index (χ1n) is 10.6. The van der Waals surface area contributed by atoms with E-state index in [1.54, 1.807) is 11.0 Å². The lowest BCUT2D eigenvalue weighted by Gasteiger charge is -2.45. The number of likely N-dealkylation sites (tertiary alicyclic amines) is 1. The number of carbonyl (C=O) groups excluding carboxylic acids is 1. The number of benzene rings is 2. The Hall–Kier alpha value is -2.97. The summed E-state index contributed by atoms with van der Waals surface area (Å²) in [6.45, 7) is 0.945. The fourth-order valence-corrected chi connectivity index (χ4v) is 5.73. The number of hydrogen-bond acceptors (Lipinski definition) is 5. The van der Waals surface area contributed by atoms with Crippen LogP contribution in [0.2, 0.25) is 5.02 Å². The number of rotatable bonds is 3. The Balaban J connectivity index is 0.00000274. The molecule has 0 N–H and O–H groups in total. The molecule has 0 saturated carbocycles. The van der Waals surface area contributed by atoms with Gasteiger partial charge in [-0.05, 0) is 42.5 Å². The molecule has 7 nitrogen and oxygen atoms in total. The number of sulfone groups is 1. The number of amides is 1. The number of aromatic nitrogens is 1. The van der Waals surface area contributed by atoms with Crippen molar-refractivity contribution in [1.82, 2.24) is 9.47 Å². The summed E-state index contributed by atoms with van der Waals surface area (Å²) in [4.78, 5) is 15.0. The molecule has 1 amide bonds. The van der Waals surface area contributed by atoms with Gasteiger partial charge in [-0.15, -0.1) is 0 Å². The van der Waals surface area contributed by atoms with Crippen LogP contribution in [0.15, 0.2) is 59.6 Å². The second-order valence-corrected chi connectivity index (χ2v) is 10.8. The predicted molar refractivity (Wildman–Crippen MR) is 126 cm³/mol. The van der Waals surface area contributed by atoms with E-state index in [9.17, 15) is 13.2 Å². The maximum absolute atomic E-state index is 13.2. The smallest absolute Gasteiger partial charge is 0.253 e. The van der Waals surface area contributed by atoms with Gasteiger partial charge >= 0.3 is 0 Å². The highest BCUT2D eigenvalue weighted by atomic mass is 35.5. The van der Waals surface area contributed by atoms with Gasteiger partial charge in [0.05, 0.1) is 18.5 Å². The van der Waals surface area contributed by atoms with E-state index in [0.29, 0.717) is 36.5 Å². The van der Waals surface area contributed by atoms with Crippen molar-refractivity contribution in [1.29, 1.82) is 0 Å². The van der Waals surface area contributed by atoms with Gasteiger partial charge in [0.25, 0.3) is 5.91 Å². The lowest BCUT2D eigenvalue weighted by molar-refractivity contribution is -0.00930. The highest BCUT2D eigenvalue weighted by Crippen LogP contribution is 2.45. The van der Waals surface area contributed by atoms with Crippen molar-refractivity contribution < 1.29 is 24.1 Å². The molecule has 2 aromatic carbocycles. The maximum atomic E-state index is 13.2. The van der Waals surface area contributed by atoms with Gasteiger partial charge in [0, 0.05) is 56.5 Å². The maximum Gasteiger partial charge on any atom is 0.253 e. The average Bonchev–Trinajstić information content (AvgIpc) is 3.29. The van der Waals surface area contributed by atoms with Crippen LogP contribution in [0.3, 0.4) is 0 Å². The van der Waals surface area contributed by atoms with Crippen LogP contribution in [-0.2, 0) is 15.4 Å². The number of methoxy groups -OCH3 is 1. The summed E-state index contributed by atoms with van der Waals surface area (Å²) in [5.74, 6) is 0.728. The quantitative estimate of drug-likeness (QED) is 0.549. The first-order chi connectivity index (χ1) is 15.7. The lowest BCUT2D eigenvalue weighted by atomic mass is 9.86. The third kappa shape index (κ3) is 3.67. The number of halogens is 1. The molecule has 2 aliphatic heterocycles. The number of piperidine rings is 1. The van der Waals surface area contributed by atoms with Gasteiger partial charge in [-0.2, -0.15) is 0 Å². The lowest BCUT2D eigenvalue weighted by Crippen LogP contribution is -2.50. The van der Waals surface area contributed by atoms with E-state index in [1.807, 2.05) is 30.5 Å². The van der Waals surface area contributed by atoms with Crippen LogP contribution in [-0.4, -0.2) is 50.2 Å². The molecule has 2 aliphatic rings. The van der Waals surface area contributed by atoms with Crippen LogP contribution >= 0.6 is 11.6 Å². The Labute approximate surface area is 198 Å². The SMILES string of the molecule is COc1ccc(C(=O)N2CCC3(CC2)Oc2cc(Cl)ccc2-n2cccc23)cc1S(C)(=O)=O.[HH]. The van der Waals surface area contributed by atoms with Gasteiger partial charge in [-0.3, -0.25) is 4.79 Å². The third-order valence-electron chi connectivity index (χ3n) is 6.37. The minimum Gasteiger partial charge on any atom is -0.495 e. The zero-order chi connectivity index (χ0) is 23.4. The van der Waals surface area contributed by atoms with Gasteiger partial charge < -0.3 is 18.9 Å². The topological polar surface area (TPSA) is 77.8 Å². The molecule has 9 heteroatoms. The van der Waals surface area contributed by atoms with Crippen molar-refractivity contribution in [2.75, 3.05) is 26.5 Å². The number of hydrogen-bond donors (Lipinski definition) is 0. The predicted octanol–water partition coefficient (Wildman–Crippen LogP) is 4.31. The summed E-state index contributed by atoms with van der Waals surface area (Å²) in [7, 11) is -2.14. The van der Waals surface area contributed by atoms with Crippen molar-refractivity contribution in [2.45, 2.75) is 23.3 Å². The van der Waals surface area contributed by atoms with Crippen LogP contribution in [0, 0.1) is 0 Å². The van der Waals surface area contributed by atoms with Crippen molar-refractivity contribution in [3.8, 4) is 17.2 Å². The molecular weight excluding hydrogens is 464 g/mol. The van der Waals surface area contributed by atoms with E-state index >= 15 is 0 Å². The largest absolute Gasteiger partial charge is 0.495 e. The summed E-state index contributed by atoms with van der Waals surface area (Å²) in [6, 6.07) is 14.2. The summed E-state index contributed by atoms with van der Waals surface area (Å²) in [6.07, 6.45) is 4.31. The molecular formula is C24H25ClN2O5S. The van der Waals surface area contributed by atoms with Gasteiger partial charge in [0.15, 0.2) is 15.4 Å². The monoisotopic (exact) mass is 488 g/mol. The molecule has 0 radical (unpaired) electrons. The Morgan fingerprint density at radius 3 is 2.61 bits per heavy atom. The highest BCUT2D eigenvalue weighted by Gasteiger charge is 2.44. The summed E-state index contributed by atoms with van der Waals surface area (Å²) in [5.41, 5.74) is 1.75. The number of nitrogens with zero attached hydrogens (tertiary/aromatic N) is 2. The van der Waals surface area contributed by atoms with Crippen LogP contribution < -0.4 is 9.47 Å². The molecule has 5 rings (SSSR count). The molecule has 0 bridgehead atoms. The van der Waals surface area contributed by atoms with Crippen LogP contribution in [0.25, 0.3) is 5.69 Å². The van der Waals surface area contributed by atoms with Crippen molar-refractivity contribution in [2.24, 2.45) is 0 Å². The number of ether oxygens (including phenoxy) is 2. The third-order valence-corrected chi connectivity index (χ3v) is 7.72. The first kappa shape index (κ1) is 21.9. The van der Waals surface area contributed by atoms with Crippen LogP contribution in [0.1, 0.15) is 30.3 Å². The second kappa shape index (κ2) is 7.81. The zero-order valence-corrected chi connectivity index (χ0v) is 19.8. The Morgan fingerprint density at radius 1 is 1.15 bits per heavy atom. The van der Waals surface area contributed by atoms with Gasteiger partial charge in [0.1, 0.15) is 16.4 Å². The highest BCUT2D eigenvalue weighted by molar-refractivity contribution is 7.90. The number of carbonyl (C=O) groups is 1. The molecule has 174 valence electrons. The Bertz CT molecular complexity index is 1360. The summed E-state index contributed by atoms with van der Waals surface area (Å²) >= 11 is 6.21. The van der Waals surface area contributed by atoms with E-state index in [-0.39, 0.29) is 18.0 Å². The minimum absolute atomic E-state index is 0. The molecule has 0 unspecified atom stereocenters. The molecule has 3 heterocycles. The van der Waals surface area contributed by atoms with Crippen molar-refractivity contribution >= 4 is 27.3 Å². The van der Waals surface area contributed by atoms with E-state index in [4.69, 9.17) is 21.1 Å². The molecule has 0 aliphatic carbocycles.